The molecule has 0 radical (unpaired) electrons. The molecular formula is C14H18N4OS. The fourth-order valence-electron chi connectivity index (χ4n) is 1.83. The lowest BCUT2D eigenvalue weighted by molar-refractivity contribution is 0.595. The Morgan fingerprint density at radius 3 is 2.85 bits per heavy atom. The monoisotopic (exact) mass is 290 g/mol. The minimum atomic E-state index is -0.141. The van der Waals surface area contributed by atoms with Crippen LogP contribution in [0.25, 0.3) is 0 Å². The first kappa shape index (κ1) is 14.7. The van der Waals surface area contributed by atoms with Crippen LogP contribution < -0.4 is 10.9 Å². The molecular weight excluding hydrogens is 272 g/mol. The fourth-order valence-corrected chi connectivity index (χ4v) is 2.61. The summed E-state index contributed by atoms with van der Waals surface area (Å²) < 4.78 is 0. The molecule has 1 atom stereocenters. The summed E-state index contributed by atoms with van der Waals surface area (Å²) >= 11 is 1.35. The van der Waals surface area contributed by atoms with E-state index in [1.807, 2.05) is 18.3 Å². The second-order valence-electron chi connectivity index (χ2n) is 4.50. The van der Waals surface area contributed by atoms with Crippen LogP contribution in [0, 0.1) is 6.92 Å². The van der Waals surface area contributed by atoms with Crippen LogP contribution in [0.2, 0.25) is 0 Å². The molecule has 1 unspecified atom stereocenters. The van der Waals surface area contributed by atoms with E-state index in [2.05, 4.69) is 34.1 Å². The van der Waals surface area contributed by atoms with Gasteiger partial charge in [-0.3, -0.25) is 4.79 Å². The first-order chi connectivity index (χ1) is 9.58. The molecule has 2 N–H and O–H groups in total. The maximum absolute atomic E-state index is 11.4. The van der Waals surface area contributed by atoms with Gasteiger partial charge in [0.1, 0.15) is 5.03 Å². The number of rotatable bonds is 5. The van der Waals surface area contributed by atoms with E-state index >= 15 is 0 Å². The van der Waals surface area contributed by atoms with E-state index in [0.29, 0.717) is 10.9 Å². The highest BCUT2D eigenvalue weighted by Gasteiger charge is 2.06. The molecule has 20 heavy (non-hydrogen) atoms. The van der Waals surface area contributed by atoms with Gasteiger partial charge in [-0.1, -0.05) is 13.0 Å². The zero-order valence-corrected chi connectivity index (χ0v) is 12.6. The third kappa shape index (κ3) is 3.91. The van der Waals surface area contributed by atoms with Crippen molar-refractivity contribution in [2.24, 2.45) is 0 Å². The molecule has 6 heteroatoms. The molecule has 0 saturated carbocycles. The minimum absolute atomic E-state index is 0.141. The van der Waals surface area contributed by atoms with Gasteiger partial charge in [0.2, 0.25) is 0 Å². The molecule has 0 spiro atoms. The first-order valence-corrected chi connectivity index (χ1v) is 7.35. The maximum Gasteiger partial charge on any atom is 0.251 e. The summed E-state index contributed by atoms with van der Waals surface area (Å²) in [6, 6.07) is 5.73. The van der Waals surface area contributed by atoms with Crippen LogP contribution in [0.4, 0.5) is 0 Å². The summed E-state index contributed by atoms with van der Waals surface area (Å²) in [7, 11) is 0. The maximum atomic E-state index is 11.4. The third-order valence-electron chi connectivity index (χ3n) is 2.82. The Hall–Kier alpha value is -1.66. The Balaban J connectivity index is 2.12. The lowest BCUT2D eigenvalue weighted by Gasteiger charge is -2.12. The van der Waals surface area contributed by atoms with Crippen molar-refractivity contribution < 1.29 is 0 Å². The number of hydrogen-bond donors (Lipinski definition) is 2. The molecule has 0 aliphatic heterocycles. The van der Waals surface area contributed by atoms with E-state index in [1.54, 1.807) is 6.92 Å². The molecule has 2 heterocycles. The third-order valence-corrected chi connectivity index (χ3v) is 3.66. The van der Waals surface area contributed by atoms with E-state index < -0.39 is 0 Å². The van der Waals surface area contributed by atoms with Gasteiger partial charge in [0.15, 0.2) is 5.16 Å². The highest BCUT2D eigenvalue weighted by atomic mass is 32.2. The minimum Gasteiger partial charge on any atom is -0.310 e. The van der Waals surface area contributed by atoms with Crippen molar-refractivity contribution in [2.75, 3.05) is 6.54 Å². The van der Waals surface area contributed by atoms with Crippen molar-refractivity contribution in [3.8, 4) is 0 Å². The summed E-state index contributed by atoms with van der Waals surface area (Å²) in [5.74, 6) is 0. The normalized spacial score (nSPS) is 12.3. The molecule has 0 saturated heterocycles. The highest BCUT2D eigenvalue weighted by molar-refractivity contribution is 7.99. The molecule has 2 aromatic heterocycles. The summed E-state index contributed by atoms with van der Waals surface area (Å²) in [5, 5.41) is 4.72. The number of hydrogen-bond acceptors (Lipinski definition) is 5. The van der Waals surface area contributed by atoms with Crippen molar-refractivity contribution in [3.63, 3.8) is 0 Å². The van der Waals surface area contributed by atoms with Crippen LogP contribution in [0.5, 0.6) is 0 Å². The quantitative estimate of drug-likeness (QED) is 0.827. The van der Waals surface area contributed by atoms with Gasteiger partial charge in [0.05, 0.1) is 0 Å². The van der Waals surface area contributed by atoms with Gasteiger partial charge < -0.3 is 10.3 Å². The smallest absolute Gasteiger partial charge is 0.251 e. The predicted molar refractivity (Wildman–Crippen MR) is 80.0 cm³/mol. The van der Waals surface area contributed by atoms with Crippen molar-refractivity contribution >= 4 is 11.8 Å². The molecule has 2 rings (SSSR count). The number of nitrogens with zero attached hydrogens (tertiary/aromatic N) is 2. The average molecular weight is 290 g/mol. The zero-order valence-electron chi connectivity index (χ0n) is 11.8. The Kier molecular flexibility index (Phi) is 4.92. The Morgan fingerprint density at radius 2 is 2.25 bits per heavy atom. The standard InChI is InChI=1S/C14H18N4OS/c1-4-15-10(3)11-5-6-13(16-8-11)20-14-17-9(2)7-12(19)18-14/h5-8,10,15H,4H2,1-3H3,(H,17,18,19). The molecule has 0 aliphatic rings. The zero-order chi connectivity index (χ0) is 14.5. The molecule has 5 nitrogen and oxygen atoms in total. The molecule has 0 aromatic carbocycles. The van der Waals surface area contributed by atoms with Gasteiger partial charge in [-0.05, 0) is 43.8 Å². The van der Waals surface area contributed by atoms with Gasteiger partial charge in [-0.25, -0.2) is 9.97 Å². The number of H-pyrrole nitrogens is 1. The van der Waals surface area contributed by atoms with Crippen molar-refractivity contribution in [3.05, 3.63) is 46.0 Å². The van der Waals surface area contributed by atoms with E-state index in [-0.39, 0.29) is 11.6 Å². The van der Waals surface area contributed by atoms with Gasteiger partial charge in [-0.2, -0.15) is 0 Å². The van der Waals surface area contributed by atoms with Gasteiger partial charge in [0, 0.05) is 24.0 Å². The van der Waals surface area contributed by atoms with Gasteiger partial charge >= 0.3 is 0 Å². The SMILES string of the molecule is CCNC(C)c1ccc(Sc2nc(C)cc(=O)[nH]2)nc1. The first-order valence-electron chi connectivity index (χ1n) is 6.53. The average Bonchev–Trinajstić information content (AvgIpc) is 2.38. The number of pyridine rings is 1. The second kappa shape index (κ2) is 6.67. The van der Waals surface area contributed by atoms with E-state index in [9.17, 15) is 4.79 Å². The van der Waals surface area contributed by atoms with Crippen molar-refractivity contribution in [1.82, 2.24) is 20.3 Å². The molecule has 0 fully saturated rings. The molecule has 0 aliphatic carbocycles. The molecule has 106 valence electrons. The number of aromatic nitrogens is 3. The Labute approximate surface area is 122 Å². The largest absolute Gasteiger partial charge is 0.310 e. The van der Waals surface area contributed by atoms with Crippen LogP contribution in [0.1, 0.15) is 31.1 Å². The lowest BCUT2D eigenvalue weighted by atomic mass is 10.1. The summed E-state index contributed by atoms with van der Waals surface area (Å²) in [6.07, 6.45) is 1.85. The molecule has 0 bridgehead atoms. The second-order valence-corrected chi connectivity index (χ2v) is 5.51. The van der Waals surface area contributed by atoms with Crippen molar-refractivity contribution in [2.45, 2.75) is 37.0 Å². The highest BCUT2D eigenvalue weighted by Crippen LogP contribution is 2.22. The predicted octanol–water partition coefficient (Wildman–Crippen LogP) is 2.30. The van der Waals surface area contributed by atoms with E-state index in [1.165, 1.54) is 17.8 Å². The molecule has 0 amide bonds. The van der Waals surface area contributed by atoms with Crippen LogP contribution >= 0.6 is 11.8 Å². The Bertz CT molecular complexity index is 624. The van der Waals surface area contributed by atoms with E-state index in [0.717, 1.165) is 17.1 Å². The summed E-state index contributed by atoms with van der Waals surface area (Å²) in [6.45, 7) is 6.90. The Morgan fingerprint density at radius 1 is 1.45 bits per heavy atom. The van der Waals surface area contributed by atoms with Crippen molar-refractivity contribution in [1.29, 1.82) is 0 Å². The number of aromatic amines is 1. The number of nitrogens with one attached hydrogen (secondary N) is 2. The topological polar surface area (TPSA) is 70.7 Å². The van der Waals surface area contributed by atoms with Gasteiger partial charge in [-0.15, -0.1) is 0 Å². The van der Waals surface area contributed by atoms with Crippen LogP contribution in [-0.2, 0) is 0 Å². The fraction of sp³-hybridized carbons (Fsp3) is 0.357. The summed E-state index contributed by atoms with van der Waals surface area (Å²) in [4.78, 5) is 22.7. The number of aryl methyl sites for hydroxylation is 1. The lowest BCUT2D eigenvalue weighted by Crippen LogP contribution is -2.17. The van der Waals surface area contributed by atoms with Crippen LogP contribution in [0.3, 0.4) is 0 Å². The molecule has 2 aromatic rings. The van der Waals surface area contributed by atoms with Gasteiger partial charge in [0.25, 0.3) is 5.56 Å². The van der Waals surface area contributed by atoms with E-state index in [4.69, 9.17) is 0 Å². The van der Waals surface area contributed by atoms with Crippen LogP contribution in [-0.4, -0.2) is 21.5 Å². The van der Waals surface area contributed by atoms with Crippen LogP contribution in [0.15, 0.2) is 39.4 Å². The summed E-state index contributed by atoms with van der Waals surface area (Å²) in [5.41, 5.74) is 1.70.